The minimum atomic E-state index is -5.35. The van der Waals surface area contributed by atoms with E-state index < -0.39 is 40.3 Å². The SMILES string of the molecule is CC1(C)CC(=O)C2=C(C1)N(c1ccc(F)cc1)C(=O)[C@]2(O)C(F)(F)F. The van der Waals surface area contributed by atoms with Crippen molar-refractivity contribution in [3.8, 4) is 0 Å². The molecular weight excluding hydrogens is 342 g/mol. The molecule has 0 fully saturated rings. The fourth-order valence-electron chi connectivity index (χ4n) is 3.41. The predicted molar refractivity (Wildman–Crippen MR) is 79.9 cm³/mol. The van der Waals surface area contributed by atoms with Crippen molar-refractivity contribution in [1.29, 1.82) is 0 Å². The van der Waals surface area contributed by atoms with Crippen LogP contribution >= 0.6 is 0 Å². The van der Waals surface area contributed by atoms with Gasteiger partial charge in [0.15, 0.2) is 5.78 Å². The van der Waals surface area contributed by atoms with E-state index in [2.05, 4.69) is 0 Å². The fraction of sp³-hybridized carbons (Fsp3) is 0.412. The third-order valence-electron chi connectivity index (χ3n) is 4.49. The van der Waals surface area contributed by atoms with Crippen molar-refractivity contribution in [3.05, 3.63) is 41.4 Å². The number of hydrogen-bond acceptors (Lipinski definition) is 3. The molecule has 4 nitrogen and oxygen atoms in total. The highest BCUT2D eigenvalue weighted by Crippen LogP contribution is 2.52. The molecule has 0 aromatic heterocycles. The lowest BCUT2D eigenvalue weighted by molar-refractivity contribution is -0.235. The smallest absolute Gasteiger partial charge is 0.368 e. The normalized spacial score (nSPS) is 26.3. The molecule has 25 heavy (non-hydrogen) atoms. The number of alkyl halides is 3. The van der Waals surface area contributed by atoms with Crippen LogP contribution in [0, 0.1) is 11.2 Å². The van der Waals surface area contributed by atoms with E-state index in [1.54, 1.807) is 13.8 Å². The van der Waals surface area contributed by atoms with E-state index in [0.717, 1.165) is 24.3 Å². The van der Waals surface area contributed by atoms with Crippen LogP contribution < -0.4 is 4.90 Å². The van der Waals surface area contributed by atoms with E-state index in [1.165, 1.54) is 0 Å². The van der Waals surface area contributed by atoms with Gasteiger partial charge in [-0.25, -0.2) is 4.39 Å². The maximum atomic E-state index is 13.5. The van der Waals surface area contributed by atoms with Gasteiger partial charge in [0, 0.05) is 17.8 Å². The Bertz CT molecular complexity index is 795. The zero-order chi connectivity index (χ0) is 18.8. The summed E-state index contributed by atoms with van der Waals surface area (Å²) >= 11 is 0. The summed E-state index contributed by atoms with van der Waals surface area (Å²) in [5, 5.41) is 10.2. The molecule has 0 radical (unpaired) electrons. The molecular formula is C17H15F4NO3. The maximum absolute atomic E-state index is 13.5. The Morgan fingerprint density at radius 2 is 1.64 bits per heavy atom. The quantitative estimate of drug-likeness (QED) is 0.786. The van der Waals surface area contributed by atoms with Gasteiger partial charge in [0.1, 0.15) is 5.82 Å². The van der Waals surface area contributed by atoms with Gasteiger partial charge in [-0.15, -0.1) is 0 Å². The maximum Gasteiger partial charge on any atom is 0.430 e. The number of hydrogen-bond donors (Lipinski definition) is 1. The molecule has 0 unspecified atom stereocenters. The number of anilines is 1. The molecule has 8 heteroatoms. The van der Waals surface area contributed by atoms with Crippen molar-refractivity contribution in [3.63, 3.8) is 0 Å². The van der Waals surface area contributed by atoms with Gasteiger partial charge >= 0.3 is 6.18 Å². The Balaban J connectivity index is 2.25. The molecule has 1 heterocycles. The molecule has 1 amide bonds. The van der Waals surface area contributed by atoms with Gasteiger partial charge in [-0.05, 0) is 36.1 Å². The molecule has 1 aromatic rings. The first-order chi connectivity index (χ1) is 11.4. The first-order valence-corrected chi connectivity index (χ1v) is 7.54. The molecule has 0 saturated heterocycles. The van der Waals surface area contributed by atoms with Crippen molar-refractivity contribution in [2.24, 2.45) is 5.41 Å². The van der Waals surface area contributed by atoms with Crippen molar-refractivity contribution in [2.45, 2.75) is 38.5 Å². The summed E-state index contributed by atoms with van der Waals surface area (Å²) < 4.78 is 53.8. The number of rotatable bonds is 1. The standard InChI is InChI=1S/C17H15F4NO3/c1-15(2)7-11-13(12(23)8-15)16(25,17(19,20)21)14(24)22(11)10-5-3-9(18)4-6-10/h3-6,25H,7-8H2,1-2H3/t16-/m0/s1. The molecule has 2 aliphatic rings. The molecule has 134 valence electrons. The zero-order valence-electron chi connectivity index (χ0n) is 13.4. The third-order valence-corrected chi connectivity index (χ3v) is 4.49. The Morgan fingerprint density at radius 1 is 1.08 bits per heavy atom. The van der Waals surface area contributed by atoms with E-state index >= 15 is 0 Å². The van der Waals surface area contributed by atoms with Gasteiger partial charge in [-0.1, -0.05) is 13.8 Å². The van der Waals surface area contributed by atoms with E-state index in [0.29, 0.717) is 4.90 Å². The number of allylic oxidation sites excluding steroid dienone is 1. The van der Waals surface area contributed by atoms with Crippen LogP contribution in [-0.4, -0.2) is 28.6 Å². The summed E-state index contributed by atoms with van der Waals surface area (Å²) in [6, 6.07) is 4.24. The number of nitrogens with zero attached hydrogens (tertiary/aromatic N) is 1. The minimum Gasteiger partial charge on any atom is -0.368 e. The van der Waals surface area contributed by atoms with E-state index in [4.69, 9.17) is 0 Å². The first kappa shape index (κ1) is 17.6. The highest BCUT2D eigenvalue weighted by Gasteiger charge is 2.70. The second kappa shape index (κ2) is 5.14. The van der Waals surface area contributed by atoms with Gasteiger partial charge in [0.05, 0.1) is 5.57 Å². The van der Waals surface area contributed by atoms with Crippen molar-refractivity contribution in [1.82, 2.24) is 0 Å². The van der Waals surface area contributed by atoms with Crippen LogP contribution in [0.5, 0.6) is 0 Å². The van der Waals surface area contributed by atoms with Crippen molar-refractivity contribution < 1.29 is 32.3 Å². The first-order valence-electron chi connectivity index (χ1n) is 7.54. The lowest BCUT2D eigenvalue weighted by Crippen LogP contribution is -2.55. The van der Waals surface area contributed by atoms with Crippen LogP contribution in [-0.2, 0) is 9.59 Å². The summed E-state index contributed by atoms with van der Waals surface area (Å²) in [6.45, 7) is 3.37. The summed E-state index contributed by atoms with van der Waals surface area (Å²) in [6.07, 6.45) is -5.57. The Morgan fingerprint density at radius 3 is 2.16 bits per heavy atom. The molecule has 1 N–H and O–H groups in total. The molecule has 1 aliphatic heterocycles. The summed E-state index contributed by atoms with van der Waals surface area (Å²) in [7, 11) is 0. The lowest BCUT2D eigenvalue weighted by Gasteiger charge is -2.33. The fourth-order valence-corrected chi connectivity index (χ4v) is 3.41. The van der Waals surface area contributed by atoms with Gasteiger partial charge < -0.3 is 5.11 Å². The van der Waals surface area contributed by atoms with E-state index in [9.17, 15) is 32.3 Å². The summed E-state index contributed by atoms with van der Waals surface area (Å²) in [4.78, 5) is 25.6. The average Bonchev–Trinajstić information content (AvgIpc) is 2.68. The van der Waals surface area contributed by atoms with Crippen LogP contribution in [0.25, 0.3) is 0 Å². The van der Waals surface area contributed by atoms with Gasteiger partial charge in [0.2, 0.25) is 0 Å². The highest BCUT2D eigenvalue weighted by molar-refractivity contribution is 6.18. The lowest BCUT2D eigenvalue weighted by atomic mass is 9.73. The number of aliphatic hydroxyl groups is 1. The predicted octanol–water partition coefficient (Wildman–Crippen LogP) is 3.11. The van der Waals surface area contributed by atoms with Gasteiger partial charge in [-0.2, -0.15) is 13.2 Å². The molecule has 3 rings (SSSR count). The van der Waals surface area contributed by atoms with Crippen LogP contribution in [0.3, 0.4) is 0 Å². The van der Waals surface area contributed by atoms with E-state index in [-0.39, 0.29) is 24.2 Å². The number of benzene rings is 1. The van der Waals surface area contributed by atoms with Crippen molar-refractivity contribution >= 4 is 17.4 Å². The number of amides is 1. The second-order valence-electron chi connectivity index (χ2n) is 7.09. The summed E-state index contributed by atoms with van der Waals surface area (Å²) in [5.74, 6) is -3.21. The number of carbonyl (C=O) groups is 2. The molecule has 0 bridgehead atoms. The van der Waals surface area contributed by atoms with Crippen LogP contribution in [0.2, 0.25) is 0 Å². The van der Waals surface area contributed by atoms with Gasteiger partial charge in [-0.3, -0.25) is 14.5 Å². The number of carbonyl (C=O) groups excluding carboxylic acids is 2. The average molecular weight is 357 g/mol. The molecule has 0 saturated carbocycles. The van der Waals surface area contributed by atoms with Crippen LogP contribution in [0.4, 0.5) is 23.2 Å². The largest absolute Gasteiger partial charge is 0.430 e. The zero-order valence-corrected chi connectivity index (χ0v) is 13.4. The van der Waals surface area contributed by atoms with E-state index in [1.807, 2.05) is 0 Å². The molecule has 1 aliphatic carbocycles. The number of Topliss-reactive ketones (excluding diaryl/α,β-unsaturated/α-hetero) is 1. The summed E-state index contributed by atoms with van der Waals surface area (Å²) in [5.41, 5.74) is -5.70. The molecule has 1 aromatic carbocycles. The Labute approximate surface area is 140 Å². The second-order valence-corrected chi connectivity index (χ2v) is 7.09. The third kappa shape index (κ3) is 2.47. The molecule has 1 atom stereocenters. The Hall–Kier alpha value is -2.22. The minimum absolute atomic E-state index is 0.00439. The molecule has 0 spiro atoms. The topological polar surface area (TPSA) is 57.6 Å². The van der Waals surface area contributed by atoms with Gasteiger partial charge in [0.25, 0.3) is 11.5 Å². The Kier molecular flexibility index (Phi) is 3.62. The number of halogens is 4. The van der Waals surface area contributed by atoms with Crippen molar-refractivity contribution in [2.75, 3.05) is 4.90 Å². The monoisotopic (exact) mass is 357 g/mol. The number of ketones is 1. The highest BCUT2D eigenvalue weighted by atomic mass is 19.4. The van der Waals surface area contributed by atoms with Crippen LogP contribution in [0.1, 0.15) is 26.7 Å². The van der Waals surface area contributed by atoms with Crippen LogP contribution in [0.15, 0.2) is 35.5 Å².